The van der Waals surface area contributed by atoms with Crippen LogP contribution in [-0.4, -0.2) is 60.6 Å². The molecule has 0 saturated carbocycles. The van der Waals surface area contributed by atoms with E-state index < -0.39 is 11.7 Å². The van der Waals surface area contributed by atoms with Crippen LogP contribution < -0.4 is 4.74 Å². The summed E-state index contributed by atoms with van der Waals surface area (Å²) in [4.78, 5) is 31.8. The van der Waals surface area contributed by atoms with E-state index in [1.165, 1.54) is 27.5 Å². The van der Waals surface area contributed by atoms with Crippen molar-refractivity contribution in [2.45, 2.75) is 51.2 Å². The Hall–Kier alpha value is -3.23. The summed E-state index contributed by atoms with van der Waals surface area (Å²) in [6.07, 6.45) is 2.31. The Bertz CT molecular complexity index is 1290. The molecule has 2 atom stereocenters. The molecule has 0 bridgehead atoms. The molecule has 206 valence electrons. The van der Waals surface area contributed by atoms with Crippen LogP contribution in [0.3, 0.4) is 0 Å². The zero-order valence-corrected chi connectivity index (χ0v) is 23.3. The third-order valence-corrected chi connectivity index (χ3v) is 8.53. The van der Waals surface area contributed by atoms with Crippen LogP contribution in [-0.2, 0) is 16.0 Å². The third kappa shape index (κ3) is 6.34. The highest BCUT2D eigenvalue weighted by Crippen LogP contribution is 2.34. The van der Waals surface area contributed by atoms with Gasteiger partial charge in [-0.2, -0.15) is 0 Å². The summed E-state index contributed by atoms with van der Waals surface area (Å²) in [5.41, 5.74) is 2.29. The predicted molar refractivity (Wildman–Crippen MR) is 150 cm³/mol. The van der Waals surface area contributed by atoms with Crippen LogP contribution in [0.1, 0.15) is 65.0 Å². The summed E-state index contributed by atoms with van der Waals surface area (Å²) < 4.78 is 26.5. The van der Waals surface area contributed by atoms with Crippen LogP contribution in [0.25, 0.3) is 0 Å². The molecule has 6 nitrogen and oxygen atoms in total. The molecule has 8 heteroatoms. The molecular formula is C31H35FN2O4S. The van der Waals surface area contributed by atoms with Crippen molar-refractivity contribution in [2.75, 3.05) is 32.8 Å². The van der Waals surface area contributed by atoms with Crippen molar-refractivity contribution in [3.8, 4) is 5.75 Å². The minimum absolute atomic E-state index is 0.0354. The molecule has 39 heavy (non-hydrogen) atoms. The van der Waals surface area contributed by atoms with Gasteiger partial charge in [0.15, 0.2) is 0 Å². The van der Waals surface area contributed by atoms with E-state index in [4.69, 9.17) is 9.47 Å². The van der Waals surface area contributed by atoms with E-state index >= 15 is 0 Å². The molecule has 0 aliphatic carbocycles. The van der Waals surface area contributed by atoms with Crippen LogP contribution in [0.15, 0.2) is 60.0 Å². The Morgan fingerprint density at radius 2 is 1.95 bits per heavy atom. The van der Waals surface area contributed by atoms with Gasteiger partial charge < -0.3 is 19.3 Å². The van der Waals surface area contributed by atoms with E-state index in [0.29, 0.717) is 25.7 Å². The lowest BCUT2D eigenvalue weighted by molar-refractivity contribution is -0.135. The van der Waals surface area contributed by atoms with Crippen molar-refractivity contribution in [2.24, 2.45) is 0 Å². The Labute approximate surface area is 233 Å². The minimum atomic E-state index is -0.595. The van der Waals surface area contributed by atoms with Crippen LogP contribution in [0.2, 0.25) is 0 Å². The van der Waals surface area contributed by atoms with E-state index in [-0.39, 0.29) is 36.7 Å². The fourth-order valence-corrected chi connectivity index (χ4v) is 6.24. The van der Waals surface area contributed by atoms with Gasteiger partial charge in [0.1, 0.15) is 24.7 Å². The van der Waals surface area contributed by atoms with Gasteiger partial charge >= 0.3 is 0 Å². The molecule has 0 radical (unpaired) electrons. The summed E-state index contributed by atoms with van der Waals surface area (Å²) >= 11 is 1.69. The number of amides is 2. The van der Waals surface area contributed by atoms with Gasteiger partial charge in [-0.15, -0.1) is 11.3 Å². The minimum Gasteiger partial charge on any atom is -0.491 e. The second-order valence-corrected chi connectivity index (χ2v) is 11.5. The third-order valence-electron chi connectivity index (χ3n) is 7.54. The first-order chi connectivity index (χ1) is 18.9. The second kappa shape index (κ2) is 12.3. The quantitative estimate of drug-likeness (QED) is 0.336. The lowest BCUT2D eigenvalue weighted by atomic mass is 10.00. The lowest BCUT2D eigenvalue weighted by Gasteiger charge is -2.37. The summed E-state index contributed by atoms with van der Waals surface area (Å²) in [6, 6.07) is 15.8. The highest BCUT2D eigenvalue weighted by molar-refractivity contribution is 7.10. The van der Waals surface area contributed by atoms with E-state index in [1.54, 1.807) is 23.5 Å². The van der Waals surface area contributed by atoms with E-state index in [9.17, 15) is 14.0 Å². The Morgan fingerprint density at radius 3 is 2.67 bits per heavy atom. The first-order valence-corrected chi connectivity index (χ1v) is 14.5. The van der Waals surface area contributed by atoms with Gasteiger partial charge in [-0.3, -0.25) is 9.59 Å². The van der Waals surface area contributed by atoms with Crippen molar-refractivity contribution in [3.05, 3.63) is 87.4 Å². The molecule has 1 saturated heterocycles. The monoisotopic (exact) mass is 550 g/mol. The van der Waals surface area contributed by atoms with E-state index in [1.807, 2.05) is 17.0 Å². The van der Waals surface area contributed by atoms with Gasteiger partial charge in [-0.05, 0) is 72.0 Å². The molecule has 5 rings (SSSR count). The summed E-state index contributed by atoms with van der Waals surface area (Å²) in [5, 5.41) is 2.05. The average Bonchev–Trinajstić information content (AvgIpc) is 3.64. The number of nitrogens with zero attached hydrogens (tertiary/aromatic N) is 2. The largest absolute Gasteiger partial charge is 0.491 e. The molecule has 0 spiro atoms. The normalized spacial score (nSPS) is 18.7. The zero-order valence-electron chi connectivity index (χ0n) is 22.5. The smallest absolute Gasteiger partial charge is 0.257 e. The number of hydrogen-bond donors (Lipinski definition) is 0. The maximum absolute atomic E-state index is 14.5. The molecule has 2 aliphatic heterocycles. The van der Waals surface area contributed by atoms with E-state index in [2.05, 4.69) is 37.4 Å². The number of ether oxygens (including phenoxy) is 2. The Balaban J connectivity index is 1.34. The Morgan fingerprint density at radius 1 is 1.15 bits per heavy atom. The Kier molecular flexibility index (Phi) is 8.63. The maximum Gasteiger partial charge on any atom is 0.257 e. The number of carbonyl (C=O) groups is 2. The van der Waals surface area contributed by atoms with Gasteiger partial charge in [0.05, 0.1) is 17.7 Å². The van der Waals surface area contributed by atoms with Crippen LogP contribution in [0.5, 0.6) is 5.75 Å². The SMILES string of the molecule is CC(C)c1ccc(OC[C@H]2c3ccsc3CCN2C(=O)CN(C[C@H]2CCCO2)C(=O)c2ccccc2F)cc1. The topological polar surface area (TPSA) is 59.1 Å². The van der Waals surface area contributed by atoms with Gasteiger partial charge in [-0.1, -0.05) is 38.1 Å². The molecule has 3 aromatic rings. The first-order valence-electron chi connectivity index (χ1n) is 13.6. The van der Waals surface area contributed by atoms with Gasteiger partial charge in [0.2, 0.25) is 5.91 Å². The highest BCUT2D eigenvalue weighted by Gasteiger charge is 2.35. The number of rotatable bonds is 9. The fraction of sp³-hybridized carbons (Fsp3) is 0.419. The molecular weight excluding hydrogens is 515 g/mol. The van der Waals surface area contributed by atoms with Crippen molar-refractivity contribution in [1.29, 1.82) is 0 Å². The van der Waals surface area contributed by atoms with Gasteiger partial charge in [0.25, 0.3) is 5.91 Å². The van der Waals surface area contributed by atoms with Crippen molar-refractivity contribution in [3.63, 3.8) is 0 Å². The summed E-state index contributed by atoms with van der Waals surface area (Å²) in [5.74, 6) is -0.0862. The standard InChI is InChI=1S/C31H35FN2O4S/c1-21(2)22-9-11-23(12-10-22)38-20-28-26-14-17-39-29(26)13-15-34(28)30(35)19-33(18-24-6-5-16-37-24)31(36)25-7-3-4-8-27(25)32/h3-4,7-12,14,17,21,24,28H,5-6,13,15-16,18-20H2,1-2H3/t24-,28+/m1/s1. The molecule has 0 N–H and O–H groups in total. The molecule has 3 heterocycles. The van der Waals surface area contributed by atoms with Crippen molar-refractivity contribution >= 4 is 23.2 Å². The predicted octanol–water partition coefficient (Wildman–Crippen LogP) is 5.84. The number of thiophene rings is 1. The molecule has 1 fully saturated rings. The number of hydrogen-bond acceptors (Lipinski definition) is 5. The van der Waals surface area contributed by atoms with Crippen molar-refractivity contribution < 1.29 is 23.5 Å². The van der Waals surface area contributed by atoms with Gasteiger partial charge in [0, 0.05) is 24.6 Å². The molecule has 1 aromatic heterocycles. The molecule has 2 amide bonds. The number of fused-ring (bicyclic) bond motifs is 1. The first kappa shape index (κ1) is 27.3. The number of halogens is 1. The fourth-order valence-electron chi connectivity index (χ4n) is 5.31. The molecule has 0 unspecified atom stereocenters. The average molecular weight is 551 g/mol. The summed E-state index contributed by atoms with van der Waals surface area (Å²) in [7, 11) is 0. The van der Waals surface area contributed by atoms with E-state index in [0.717, 1.165) is 30.6 Å². The molecule has 2 aliphatic rings. The van der Waals surface area contributed by atoms with Crippen LogP contribution in [0, 0.1) is 5.82 Å². The van der Waals surface area contributed by atoms with Gasteiger partial charge in [-0.25, -0.2) is 4.39 Å². The second-order valence-electron chi connectivity index (χ2n) is 10.5. The maximum atomic E-state index is 14.5. The summed E-state index contributed by atoms with van der Waals surface area (Å²) in [6.45, 7) is 5.88. The highest BCUT2D eigenvalue weighted by atomic mass is 32.1. The van der Waals surface area contributed by atoms with Crippen molar-refractivity contribution in [1.82, 2.24) is 9.80 Å². The number of carbonyl (C=O) groups excluding carboxylic acids is 2. The lowest BCUT2D eigenvalue weighted by Crippen LogP contribution is -2.49. The van der Waals surface area contributed by atoms with Crippen LogP contribution >= 0.6 is 11.3 Å². The van der Waals surface area contributed by atoms with Crippen LogP contribution in [0.4, 0.5) is 4.39 Å². The number of benzene rings is 2. The zero-order chi connectivity index (χ0) is 27.4. The molecule has 2 aromatic carbocycles.